The second-order valence-corrected chi connectivity index (χ2v) is 8.28. The molecule has 1 aromatic carbocycles. The van der Waals surface area contributed by atoms with Crippen molar-refractivity contribution >= 4 is 40.0 Å². The molecular formula is C22H19N5O2S. The number of hydrogen-bond acceptors (Lipinski definition) is 7. The van der Waals surface area contributed by atoms with Crippen LogP contribution in [0.4, 0.5) is 5.82 Å². The summed E-state index contributed by atoms with van der Waals surface area (Å²) in [6.07, 6.45) is 2.34. The summed E-state index contributed by atoms with van der Waals surface area (Å²) in [5.74, 6) is 1.25. The van der Waals surface area contributed by atoms with Gasteiger partial charge in [-0.2, -0.15) is 5.10 Å². The van der Waals surface area contributed by atoms with Gasteiger partial charge in [0.2, 0.25) is 0 Å². The van der Waals surface area contributed by atoms with Crippen molar-refractivity contribution in [1.82, 2.24) is 19.7 Å². The van der Waals surface area contributed by atoms with Crippen molar-refractivity contribution in [3.8, 4) is 5.75 Å². The fourth-order valence-electron chi connectivity index (χ4n) is 3.96. The zero-order chi connectivity index (χ0) is 20.8. The van der Waals surface area contributed by atoms with Gasteiger partial charge >= 0.3 is 0 Å². The number of nitrogens with two attached hydrogens (primary N) is 1. The van der Waals surface area contributed by atoms with E-state index < -0.39 is 0 Å². The molecule has 30 heavy (non-hydrogen) atoms. The molecule has 0 saturated heterocycles. The van der Waals surface area contributed by atoms with Gasteiger partial charge in [-0.3, -0.25) is 4.79 Å². The Hall–Kier alpha value is -3.52. The molecule has 4 aromatic rings. The number of carbonyl (C=O) groups is 1. The Morgan fingerprint density at radius 3 is 2.87 bits per heavy atom. The largest absolute Gasteiger partial charge is 0.488 e. The van der Waals surface area contributed by atoms with Gasteiger partial charge in [0.25, 0.3) is 0 Å². The minimum absolute atomic E-state index is 0.138. The molecule has 0 spiro atoms. The Morgan fingerprint density at radius 2 is 2.07 bits per heavy atom. The van der Waals surface area contributed by atoms with Gasteiger partial charge < -0.3 is 10.5 Å². The maximum absolute atomic E-state index is 11.3. The molecule has 1 aliphatic rings. The number of nitrogens with zero attached hydrogens (tertiary/aromatic N) is 4. The first-order chi connectivity index (χ1) is 14.6. The van der Waals surface area contributed by atoms with Crippen LogP contribution in [0.1, 0.15) is 38.8 Å². The summed E-state index contributed by atoms with van der Waals surface area (Å²) in [5, 5.41) is 5.49. The Labute approximate surface area is 176 Å². The minimum atomic E-state index is -0.138. The number of aldehydes is 1. The van der Waals surface area contributed by atoms with Crippen LogP contribution in [0.15, 0.2) is 48.3 Å². The third-order valence-corrected chi connectivity index (χ3v) is 6.44. The van der Waals surface area contributed by atoms with Crippen LogP contribution in [-0.4, -0.2) is 32.6 Å². The van der Waals surface area contributed by atoms with Crippen molar-refractivity contribution in [2.75, 3.05) is 12.3 Å². The van der Waals surface area contributed by atoms with Crippen LogP contribution in [0.2, 0.25) is 0 Å². The monoisotopic (exact) mass is 417 g/mol. The van der Waals surface area contributed by atoms with E-state index in [1.165, 1.54) is 17.7 Å². The van der Waals surface area contributed by atoms with E-state index in [0.717, 1.165) is 44.7 Å². The fourth-order valence-corrected chi connectivity index (χ4v) is 4.87. The highest BCUT2D eigenvalue weighted by Crippen LogP contribution is 2.43. The molecular weight excluding hydrogens is 398 g/mol. The second-order valence-electron chi connectivity index (χ2n) is 7.17. The number of aromatic nitrogens is 4. The molecule has 0 fully saturated rings. The molecule has 8 heteroatoms. The standard InChI is InChI=1S/C22H19N5O2S/c1-12-19-21(23)24-11-25-22(19)27(26-12)13(2)16-10-29-17-6-4-3-5-15(17)20(16)18-8-7-14(9-28)30-18/h3-9,11,13H,10H2,1-2H3,(H2,23,24,25). The second kappa shape index (κ2) is 7.07. The average Bonchev–Trinajstić information content (AvgIpc) is 3.37. The summed E-state index contributed by atoms with van der Waals surface area (Å²) in [4.78, 5) is 21.6. The molecule has 0 amide bonds. The lowest BCUT2D eigenvalue weighted by atomic mass is 9.92. The van der Waals surface area contributed by atoms with Gasteiger partial charge in [0.05, 0.1) is 22.0 Å². The van der Waals surface area contributed by atoms with Gasteiger partial charge in [-0.1, -0.05) is 18.2 Å². The molecule has 0 aliphatic carbocycles. The summed E-state index contributed by atoms with van der Waals surface area (Å²) in [6.45, 7) is 4.40. The highest BCUT2D eigenvalue weighted by atomic mass is 32.1. The Kier molecular flexibility index (Phi) is 4.36. The summed E-state index contributed by atoms with van der Waals surface area (Å²) in [7, 11) is 0. The number of benzene rings is 1. The first-order valence-corrected chi connectivity index (χ1v) is 10.4. The molecule has 4 heterocycles. The molecule has 7 nitrogen and oxygen atoms in total. The van der Waals surface area contributed by atoms with Crippen molar-refractivity contribution in [2.45, 2.75) is 19.9 Å². The smallest absolute Gasteiger partial charge is 0.164 e. The molecule has 1 atom stereocenters. The van der Waals surface area contributed by atoms with E-state index in [4.69, 9.17) is 15.6 Å². The average molecular weight is 417 g/mol. The molecule has 5 rings (SSSR count). The van der Waals surface area contributed by atoms with Crippen LogP contribution >= 0.6 is 11.3 Å². The van der Waals surface area contributed by atoms with Crippen LogP contribution in [0, 0.1) is 6.92 Å². The van der Waals surface area contributed by atoms with Crippen molar-refractivity contribution in [3.05, 3.63) is 69.3 Å². The normalized spacial score (nSPS) is 14.5. The maximum atomic E-state index is 11.3. The SMILES string of the molecule is Cc1nn(C(C)C2=C(c3ccc(C=O)s3)c3ccccc3OC2)c2ncnc(N)c12. The van der Waals surface area contributed by atoms with Crippen molar-refractivity contribution in [1.29, 1.82) is 0 Å². The zero-order valence-electron chi connectivity index (χ0n) is 16.5. The van der Waals surface area contributed by atoms with Gasteiger partial charge in [0.1, 0.15) is 24.5 Å². The first kappa shape index (κ1) is 18.5. The van der Waals surface area contributed by atoms with Crippen LogP contribution in [0.5, 0.6) is 5.75 Å². The lowest BCUT2D eigenvalue weighted by Crippen LogP contribution is -2.20. The highest BCUT2D eigenvalue weighted by molar-refractivity contribution is 7.14. The summed E-state index contributed by atoms with van der Waals surface area (Å²) >= 11 is 1.47. The van der Waals surface area contributed by atoms with Crippen LogP contribution in [0.3, 0.4) is 0 Å². The number of ether oxygens (including phenoxy) is 1. The highest BCUT2D eigenvalue weighted by Gasteiger charge is 2.28. The summed E-state index contributed by atoms with van der Waals surface area (Å²) < 4.78 is 7.96. The van der Waals surface area contributed by atoms with E-state index in [-0.39, 0.29) is 6.04 Å². The first-order valence-electron chi connectivity index (χ1n) is 9.54. The molecule has 3 aromatic heterocycles. The van der Waals surface area contributed by atoms with Crippen LogP contribution in [0.25, 0.3) is 16.6 Å². The quantitative estimate of drug-likeness (QED) is 0.503. The minimum Gasteiger partial charge on any atom is -0.488 e. The van der Waals surface area contributed by atoms with E-state index in [0.29, 0.717) is 22.9 Å². The third-order valence-electron chi connectivity index (χ3n) is 5.41. The molecule has 2 N–H and O–H groups in total. The van der Waals surface area contributed by atoms with Crippen molar-refractivity contribution in [2.24, 2.45) is 0 Å². The maximum Gasteiger partial charge on any atom is 0.164 e. The lowest BCUT2D eigenvalue weighted by Gasteiger charge is -2.27. The molecule has 0 bridgehead atoms. The van der Waals surface area contributed by atoms with E-state index in [9.17, 15) is 4.79 Å². The van der Waals surface area contributed by atoms with Gasteiger partial charge in [-0.25, -0.2) is 14.6 Å². The lowest BCUT2D eigenvalue weighted by molar-refractivity contribution is 0.112. The fraction of sp³-hybridized carbons (Fsp3) is 0.182. The van der Waals surface area contributed by atoms with E-state index in [2.05, 4.69) is 16.9 Å². The molecule has 150 valence electrons. The van der Waals surface area contributed by atoms with Crippen LogP contribution < -0.4 is 10.5 Å². The number of anilines is 1. The predicted molar refractivity (Wildman–Crippen MR) is 117 cm³/mol. The number of rotatable bonds is 4. The number of hydrogen-bond donors (Lipinski definition) is 1. The topological polar surface area (TPSA) is 95.9 Å². The summed E-state index contributed by atoms with van der Waals surface area (Å²) in [5.41, 5.74) is 10.7. The number of thiophene rings is 1. The number of para-hydroxylation sites is 1. The molecule has 0 saturated carbocycles. The summed E-state index contributed by atoms with van der Waals surface area (Å²) in [6, 6.07) is 11.7. The van der Waals surface area contributed by atoms with Crippen molar-refractivity contribution in [3.63, 3.8) is 0 Å². The Morgan fingerprint density at radius 1 is 1.23 bits per heavy atom. The molecule has 1 unspecified atom stereocenters. The molecule has 0 radical (unpaired) electrons. The molecule has 1 aliphatic heterocycles. The number of carbonyl (C=O) groups excluding carboxylic acids is 1. The number of aryl methyl sites for hydroxylation is 1. The van der Waals surface area contributed by atoms with E-state index in [1.807, 2.05) is 48.0 Å². The number of fused-ring (bicyclic) bond motifs is 2. The Bertz CT molecular complexity index is 1320. The van der Waals surface area contributed by atoms with E-state index >= 15 is 0 Å². The van der Waals surface area contributed by atoms with Crippen LogP contribution in [-0.2, 0) is 0 Å². The van der Waals surface area contributed by atoms with Gasteiger partial charge in [-0.15, -0.1) is 11.3 Å². The van der Waals surface area contributed by atoms with Crippen molar-refractivity contribution < 1.29 is 9.53 Å². The van der Waals surface area contributed by atoms with E-state index in [1.54, 1.807) is 0 Å². The van der Waals surface area contributed by atoms with Gasteiger partial charge in [0.15, 0.2) is 11.9 Å². The Balaban J connectivity index is 1.74. The zero-order valence-corrected chi connectivity index (χ0v) is 17.3. The predicted octanol–water partition coefficient (Wildman–Crippen LogP) is 4.05. The van der Waals surface area contributed by atoms with Gasteiger partial charge in [0, 0.05) is 21.6 Å². The third kappa shape index (κ3) is 2.80. The number of nitrogen functional groups attached to an aromatic ring is 1. The van der Waals surface area contributed by atoms with Gasteiger partial charge in [-0.05, 0) is 32.0 Å².